The van der Waals surface area contributed by atoms with Gasteiger partial charge in [0.15, 0.2) is 17.2 Å². The first-order chi connectivity index (χ1) is 8.49. The Kier molecular flexibility index (Phi) is 5.06. The fraction of sp³-hybridized carbons (Fsp3) is 0.111. The van der Waals surface area contributed by atoms with Crippen molar-refractivity contribution in [2.45, 2.75) is 0 Å². The Balaban J connectivity index is 3.24. The number of aliphatic imine (C=N–C) groups is 1. The lowest BCUT2D eigenvalue weighted by Crippen LogP contribution is -2.12. The molecule has 0 unspecified atom stereocenters. The van der Waals surface area contributed by atoms with E-state index in [9.17, 15) is 14.5 Å². The van der Waals surface area contributed by atoms with Crippen molar-refractivity contribution in [1.82, 2.24) is 5.32 Å². The van der Waals surface area contributed by atoms with Crippen molar-refractivity contribution in [1.29, 1.82) is 5.26 Å². The molecule has 1 aromatic carbocycles. The quantitative estimate of drug-likeness (QED) is 0.224. The van der Waals surface area contributed by atoms with Gasteiger partial charge in [0, 0.05) is 0 Å². The topological polar surface area (TPSA) is 91.3 Å². The molecular weight excluding hydrogens is 327 g/mol. The van der Waals surface area contributed by atoms with Crippen LogP contribution in [0.3, 0.4) is 0 Å². The van der Waals surface area contributed by atoms with Crippen LogP contribution in [0.5, 0.6) is 0 Å². The lowest BCUT2D eigenvalue weighted by atomic mass is 10.3. The summed E-state index contributed by atoms with van der Waals surface area (Å²) in [6.07, 6.45) is 3.31. The standard InChI is InChI=1S/C9H6BrFN4O2S/c1-18-9(13-4-12)14-7-2-5(10)8(15(16)17)3-6(7)11/h2-3H,1H3,(H,13,14). The molecule has 0 aliphatic heterocycles. The van der Waals surface area contributed by atoms with Crippen molar-refractivity contribution in [2.24, 2.45) is 4.99 Å². The fourth-order valence-electron chi connectivity index (χ4n) is 1.03. The molecule has 18 heavy (non-hydrogen) atoms. The van der Waals surface area contributed by atoms with E-state index in [4.69, 9.17) is 5.26 Å². The van der Waals surface area contributed by atoms with Crippen molar-refractivity contribution in [3.63, 3.8) is 0 Å². The van der Waals surface area contributed by atoms with Gasteiger partial charge in [0.1, 0.15) is 5.69 Å². The molecule has 0 fully saturated rings. The predicted octanol–water partition coefficient (Wildman–Crippen LogP) is 2.92. The average molecular weight is 333 g/mol. The van der Waals surface area contributed by atoms with Gasteiger partial charge >= 0.3 is 0 Å². The van der Waals surface area contributed by atoms with E-state index in [1.54, 1.807) is 12.4 Å². The van der Waals surface area contributed by atoms with Crippen LogP contribution in [0.25, 0.3) is 0 Å². The van der Waals surface area contributed by atoms with Gasteiger partial charge in [0.25, 0.3) is 5.69 Å². The summed E-state index contributed by atoms with van der Waals surface area (Å²) in [4.78, 5) is 13.7. The summed E-state index contributed by atoms with van der Waals surface area (Å²) in [6, 6.07) is 1.95. The summed E-state index contributed by atoms with van der Waals surface area (Å²) >= 11 is 4.08. The first-order valence-electron chi connectivity index (χ1n) is 4.40. The third-order valence-corrected chi connectivity index (χ3v) is 3.01. The number of benzene rings is 1. The molecule has 0 heterocycles. The van der Waals surface area contributed by atoms with Crippen molar-refractivity contribution in [3.05, 3.63) is 32.5 Å². The lowest BCUT2D eigenvalue weighted by Gasteiger charge is -2.02. The number of nitrogens with zero attached hydrogens (tertiary/aromatic N) is 3. The van der Waals surface area contributed by atoms with Gasteiger partial charge in [-0.2, -0.15) is 5.26 Å². The minimum Gasteiger partial charge on any atom is -0.271 e. The van der Waals surface area contributed by atoms with Crippen LogP contribution < -0.4 is 5.32 Å². The van der Waals surface area contributed by atoms with Gasteiger partial charge in [0.2, 0.25) is 0 Å². The molecule has 6 nitrogen and oxygen atoms in total. The van der Waals surface area contributed by atoms with Gasteiger partial charge in [-0.05, 0) is 28.3 Å². The second kappa shape index (κ2) is 6.32. The number of hydrogen-bond acceptors (Lipinski definition) is 5. The van der Waals surface area contributed by atoms with E-state index in [1.807, 2.05) is 0 Å². The van der Waals surface area contributed by atoms with Crippen LogP contribution in [-0.4, -0.2) is 16.3 Å². The van der Waals surface area contributed by atoms with E-state index in [-0.39, 0.29) is 21.0 Å². The Morgan fingerprint density at radius 1 is 1.72 bits per heavy atom. The minimum atomic E-state index is -0.837. The van der Waals surface area contributed by atoms with Gasteiger partial charge < -0.3 is 0 Å². The largest absolute Gasteiger partial charge is 0.286 e. The summed E-state index contributed by atoms with van der Waals surface area (Å²) in [5.41, 5.74) is -0.482. The van der Waals surface area contributed by atoms with E-state index in [0.717, 1.165) is 17.8 Å². The molecule has 9 heteroatoms. The van der Waals surface area contributed by atoms with Crippen LogP contribution in [0.15, 0.2) is 21.6 Å². The number of nitrogens with one attached hydrogen (secondary N) is 1. The van der Waals surface area contributed by atoms with Crippen LogP contribution in [0.4, 0.5) is 15.8 Å². The predicted molar refractivity (Wildman–Crippen MR) is 70.1 cm³/mol. The van der Waals surface area contributed by atoms with Crippen molar-refractivity contribution in [3.8, 4) is 6.19 Å². The van der Waals surface area contributed by atoms with Crippen molar-refractivity contribution in [2.75, 3.05) is 6.26 Å². The third kappa shape index (κ3) is 3.41. The highest BCUT2D eigenvalue weighted by molar-refractivity contribution is 9.10. The van der Waals surface area contributed by atoms with Gasteiger partial charge in [0.05, 0.1) is 15.5 Å². The Hall–Kier alpha value is -1.66. The molecule has 0 amide bonds. The first-order valence-corrected chi connectivity index (χ1v) is 6.42. The molecule has 94 valence electrons. The zero-order chi connectivity index (χ0) is 13.7. The number of nitro benzene ring substituents is 1. The highest BCUT2D eigenvalue weighted by atomic mass is 79.9. The number of thioether (sulfide) groups is 1. The van der Waals surface area contributed by atoms with E-state index >= 15 is 0 Å². The van der Waals surface area contributed by atoms with Crippen molar-refractivity contribution < 1.29 is 9.31 Å². The van der Waals surface area contributed by atoms with Gasteiger partial charge in [-0.25, -0.2) is 9.38 Å². The summed E-state index contributed by atoms with van der Waals surface area (Å²) in [7, 11) is 0. The number of rotatable bonds is 2. The van der Waals surface area contributed by atoms with Gasteiger partial charge in [-0.15, -0.1) is 0 Å². The smallest absolute Gasteiger partial charge is 0.271 e. The summed E-state index contributed by atoms with van der Waals surface area (Å²) in [5.74, 6) is -0.837. The Bertz CT molecular complexity index is 558. The summed E-state index contributed by atoms with van der Waals surface area (Å²) in [5, 5.41) is 21.5. The SMILES string of the molecule is CSC(=Nc1cc(Br)c([N+](=O)[O-])cc1F)NC#N. The van der Waals surface area contributed by atoms with E-state index in [0.29, 0.717) is 0 Å². The second-order valence-corrected chi connectivity index (χ2v) is 4.52. The maximum absolute atomic E-state index is 13.6. The van der Waals surface area contributed by atoms with Crippen LogP contribution in [0.2, 0.25) is 0 Å². The summed E-state index contributed by atoms with van der Waals surface area (Å²) in [6.45, 7) is 0. The van der Waals surface area contributed by atoms with Crippen LogP contribution in [0, 0.1) is 27.4 Å². The van der Waals surface area contributed by atoms with E-state index in [2.05, 4.69) is 26.2 Å². The first kappa shape index (κ1) is 14.4. The molecular formula is C9H6BrFN4O2S. The number of nitriles is 1. The zero-order valence-corrected chi connectivity index (χ0v) is 11.4. The molecule has 0 aromatic heterocycles. The monoisotopic (exact) mass is 332 g/mol. The average Bonchev–Trinajstić information content (AvgIpc) is 2.32. The lowest BCUT2D eigenvalue weighted by molar-refractivity contribution is -0.385. The second-order valence-electron chi connectivity index (χ2n) is 2.87. The number of hydrogen-bond donors (Lipinski definition) is 1. The van der Waals surface area contributed by atoms with Crippen molar-refractivity contribution >= 4 is 44.2 Å². The molecule has 0 aliphatic rings. The Morgan fingerprint density at radius 2 is 2.39 bits per heavy atom. The molecule has 1 aromatic rings. The molecule has 0 spiro atoms. The molecule has 0 saturated heterocycles. The third-order valence-electron chi connectivity index (χ3n) is 1.79. The van der Waals surface area contributed by atoms with Crippen LogP contribution >= 0.6 is 27.7 Å². The maximum atomic E-state index is 13.6. The maximum Gasteiger partial charge on any atom is 0.286 e. The summed E-state index contributed by atoms with van der Waals surface area (Å²) < 4.78 is 13.7. The van der Waals surface area contributed by atoms with Gasteiger partial charge in [-0.1, -0.05) is 11.8 Å². The van der Waals surface area contributed by atoms with E-state index < -0.39 is 10.7 Å². The molecule has 1 rings (SSSR count). The highest BCUT2D eigenvalue weighted by Gasteiger charge is 2.16. The Labute approximate surface area is 114 Å². The van der Waals surface area contributed by atoms with Gasteiger partial charge in [-0.3, -0.25) is 15.4 Å². The number of nitro groups is 1. The number of halogens is 2. The molecule has 0 aliphatic carbocycles. The Morgan fingerprint density at radius 3 is 2.89 bits per heavy atom. The molecule has 0 saturated carbocycles. The van der Waals surface area contributed by atoms with E-state index in [1.165, 1.54) is 6.07 Å². The normalized spacial score (nSPS) is 10.9. The van der Waals surface area contributed by atoms with Crippen LogP contribution in [0.1, 0.15) is 0 Å². The number of amidine groups is 1. The zero-order valence-electron chi connectivity index (χ0n) is 8.98. The van der Waals surface area contributed by atoms with Crippen LogP contribution in [-0.2, 0) is 0 Å². The fourth-order valence-corrected chi connectivity index (χ4v) is 1.85. The molecule has 1 N–H and O–H groups in total. The minimum absolute atomic E-state index is 0.0976. The molecule has 0 atom stereocenters. The molecule has 0 radical (unpaired) electrons. The molecule has 0 bridgehead atoms. The highest BCUT2D eigenvalue weighted by Crippen LogP contribution is 2.32.